The first kappa shape index (κ1) is 10.1. The van der Waals surface area contributed by atoms with E-state index in [1.54, 1.807) is 12.3 Å². The maximum atomic E-state index is 11.6. The zero-order valence-corrected chi connectivity index (χ0v) is 8.57. The van der Waals surface area contributed by atoms with E-state index in [-0.39, 0.29) is 5.91 Å². The van der Waals surface area contributed by atoms with Crippen LogP contribution in [0.3, 0.4) is 0 Å². The molecule has 4 nitrogen and oxygen atoms in total. The molecule has 4 heteroatoms. The summed E-state index contributed by atoms with van der Waals surface area (Å²) < 4.78 is 0. The van der Waals surface area contributed by atoms with Crippen LogP contribution < -0.4 is 10.6 Å². The maximum Gasteiger partial charge on any atom is 0.225 e. The summed E-state index contributed by atoms with van der Waals surface area (Å²) in [5, 5.41) is 6.04. The third kappa shape index (κ3) is 3.02. The van der Waals surface area contributed by atoms with Crippen molar-refractivity contribution in [2.75, 3.05) is 18.4 Å². The number of anilines is 1. The second-order valence-electron chi connectivity index (χ2n) is 3.83. The van der Waals surface area contributed by atoms with E-state index in [0.29, 0.717) is 18.2 Å². The standard InChI is InChI=1S/C11H15N3O/c15-11(7-9-4-6-12-8-9)14-10-3-1-2-5-13-10/h1-3,5,9,12H,4,6-8H2,(H,13,14,15). The second kappa shape index (κ2) is 4.89. The number of rotatable bonds is 3. The monoisotopic (exact) mass is 205 g/mol. The summed E-state index contributed by atoms with van der Waals surface area (Å²) in [5.41, 5.74) is 0. The minimum Gasteiger partial charge on any atom is -0.316 e. The average molecular weight is 205 g/mol. The van der Waals surface area contributed by atoms with Gasteiger partial charge in [-0.15, -0.1) is 0 Å². The summed E-state index contributed by atoms with van der Waals surface area (Å²) in [6.07, 6.45) is 3.35. The lowest BCUT2D eigenvalue weighted by atomic mass is 10.0. The Balaban J connectivity index is 1.82. The molecule has 1 aromatic heterocycles. The number of nitrogens with zero attached hydrogens (tertiary/aromatic N) is 1. The molecule has 0 radical (unpaired) electrons. The van der Waals surface area contributed by atoms with Crippen molar-refractivity contribution in [3.05, 3.63) is 24.4 Å². The fraction of sp³-hybridized carbons (Fsp3) is 0.455. The summed E-state index contributed by atoms with van der Waals surface area (Å²) >= 11 is 0. The molecule has 1 fully saturated rings. The van der Waals surface area contributed by atoms with Gasteiger partial charge in [-0.2, -0.15) is 0 Å². The first-order valence-electron chi connectivity index (χ1n) is 5.26. The highest BCUT2D eigenvalue weighted by Crippen LogP contribution is 2.13. The summed E-state index contributed by atoms with van der Waals surface area (Å²) in [6, 6.07) is 5.49. The molecular weight excluding hydrogens is 190 g/mol. The molecule has 1 amide bonds. The highest BCUT2D eigenvalue weighted by Gasteiger charge is 2.17. The van der Waals surface area contributed by atoms with Crippen LogP contribution in [0.4, 0.5) is 5.82 Å². The molecule has 1 unspecified atom stereocenters. The van der Waals surface area contributed by atoms with E-state index in [9.17, 15) is 4.79 Å². The zero-order chi connectivity index (χ0) is 10.5. The van der Waals surface area contributed by atoms with Gasteiger partial charge in [-0.3, -0.25) is 4.79 Å². The SMILES string of the molecule is O=C(CC1CCNC1)Nc1ccccn1. The normalized spacial score (nSPS) is 20.1. The Bertz CT molecular complexity index is 320. The van der Waals surface area contributed by atoms with Crippen LogP contribution in [0.1, 0.15) is 12.8 Å². The van der Waals surface area contributed by atoms with Crippen LogP contribution in [0, 0.1) is 5.92 Å². The number of nitrogens with one attached hydrogen (secondary N) is 2. The summed E-state index contributed by atoms with van der Waals surface area (Å²) in [6.45, 7) is 1.98. The van der Waals surface area contributed by atoms with Gasteiger partial charge in [0.1, 0.15) is 5.82 Å². The molecule has 1 saturated heterocycles. The van der Waals surface area contributed by atoms with Crippen molar-refractivity contribution >= 4 is 11.7 Å². The summed E-state index contributed by atoms with van der Waals surface area (Å²) in [4.78, 5) is 15.6. The van der Waals surface area contributed by atoms with Crippen molar-refractivity contribution in [2.24, 2.45) is 5.92 Å². The van der Waals surface area contributed by atoms with E-state index in [4.69, 9.17) is 0 Å². The van der Waals surface area contributed by atoms with E-state index in [2.05, 4.69) is 15.6 Å². The average Bonchev–Trinajstić information content (AvgIpc) is 2.71. The molecule has 2 rings (SSSR count). The van der Waals surface area contributed by atoms with Crippen LogP contribution in [0.15, 0.2) is 24.4 Å². The van der Waals surface area contributed by atoms with Gasteiger partial charge >= 0.3 is 0 Å². The van der Waals surface area contributed by atoms with Crippen molar-refractivity contribution in [2.45, 2.75) is 12.8 Å². The highest BCUT2D eigenvalue weighted by atomic mass is 16.1. The molecule has 1 atom stereocenters. The van der Waals surface area contributed by atoms with Crippen LogP contribution in [0.25, 0.3) is 0 Å². The number of carbonyl (C=O) groups is 1. The van der Waals surface area contributed by atoms with Crippen molar-refractivity contribution in [3.63, 3.8) is 0 Å². The first-order valence-corrected chi connectivity index (χ1v) is 5.26. The Morgan fingerprint density at radius 3 is 3.20 bits per heavy atom. The molecule has 2 heterocycles. The van der Waals surface area contributed by atoms with Crippen LogP contribution >= 0.6 is 0 Å². The largest absolute Gasteiger partial charge is 0.316 e. The molecule has 2 N–H and O–H groups in total. The van der Waals surface area contributed by atoms with Crippen molar-refractivity contribution < 1.29 is 4.79 Å². The van der Waals surface area contributed by atoms with Gasteiger partial charge in [0, 0.05) is 12.6 Å². The van der Waals surface area contributed by atoms with E-state index in [0.717, 1.165) is 19.5 Å². The number of hydrogen-bond acceptors (Lipinski definition) is 3. The number of carbonyl (C=O) groups excluding carboxylic acids is 1. The molecule has 0 bridgehead atoms. The number of aromatic nitrogens is 1. The Labute approximate surface area is 89.1 Å². The smallest absolute Gasteiger partial charge is 0.225 e. The minimum absolute atomic E-state index is 0.0578. The minimum atomic E-state index is 0.0578. The lowest BCUT2D eigenvalue weighted by Crippen LogP contribution is -2.18. The van der Waals surface area contributed by atoms with Gasteiger partial charge in [0.25, 0.3) is 0 Å². The van der Waals surface area contributed by atoms with Gasteiger partial charge < -0.3 is 10.6 Å². The van der Waals surface area contributed by atoms with Crippen LogP contribution in [0.5, 0.6) is 0 Å². The predicted octanol–water partition coefficient (Wildman–Crippen LogP) is 1.02. The molecule has 15 heavy (non-hydrogen) atoms. The Hall–Kier alpha value is -1.42. The van der Waals surface area contributed by atoms with Gasteiger partial charge in [-0.05, 0) is 37.6 Å². The van der Waals surface area contributed by atoms with Gasteiger partial charge in [0.15, 0.2) is 0 Å². The van der Waals surface area contributed by atoms with E-state index < -0.39 is 0 Å². The Kier molecular flexibility index (Phi) is 3.29. The molecule has 1 aromatic rings. The fourth-order valence-corrected chi connectivity index (χ4v) is 1.78. The third-order valence-corrected chi connectivity index (χ3v) is 2.57. The molecule has 0 aromatic carbocycles. The van der Waals surface area contributed by atoms with Crippen LogP contribution in [0.2, 0.25) is 0 Å². The maximum absolute atomic E-state index is 11.6. The van der Waals surface area contributed by atoms with Gasteiger partial charge in [-0.1, -0.05) is 6.07 Å². The van der Waals surface area contributed by atoms with Gasteiger partial charge in [0.05, 0.1) is 0 Å². The number of hydrogen-bond donors (Lipinski definition) is 2. The highest BCUT2D eigenvalue weighted by molar-refractivity contribution is 5.89. The fourth-order valence-electron chi connectivity index (χ4n) is 1.78. The lowest BCUT2D eigenvalue weighted by molar-refractivity contribution is -0.117. The quantitative estimate of drug-likeness (QED) is 0.774. The van der Waals surface area contributed by atoms with Gasteiger partial charge in [-0.25, -0.2) is 4.98 Å². The van der Waals surface area contributed by atoms with Crippen LogP contribution in [-0.2, 0) is 4.79 Å². The predicted molar refractivity (Wildman–Crippen MR) is 58.5 cm³/mol. The molecule has 1 aliphatic heterocycles. The van der Waals surface area contributed by atoms with Crippen molar-refractivity contribution in [1.29, 1.82) is 0 Å². The van der Waals surface area contributed by atoms with Gasteiger partial charge in [0.2, 0.25) is 5.91 Å². The molecule has 0 spiro atoms. The molecule has 0 aliphatic carbocycles. The summed E-state index contributed by atoms with van der Waals surface area (Å²) in [7, 11) is 0. The Morgan fingerprint density at radius 1 is 1.60 bits per heavy atom. The Morgan fingerprint density at radius 2 is 2.53 bits per heavy atom. The number of pyridine rings is 1. The van der Waals surface area contributed by atoms with Crippen molar-refractivity contribution in [3.8, 4) is 0 Å². The third-order valence-electron chi connectivity index (χ3n) is 2.57. The lowest BCUT2D eigenvalue weighted by Gasteiger charge is -2.08. The molecular formula is C11H15N3O. The van der Waals surface area contributed by atoms with Crippen LogP contribution in [-0.4, -0.2) is 24.0 Å². The number of amides is 1. The molecule has 1 aliphatic rings. The second-order valence-corrected chi connectivity index (χ2v) is 3.83. The van der Waals surface area contributed by atoms with E-state index in [1.807, 2.05) is 12.1 Å². The van der Waals surface area contributed by atoms with Crippen molar-refractivity contribution in [1.82, 2.24) is 10.3 Å². The topological polar surface area (TPSA) is 54.0 Å². The zero-order valence-electron chi connectivity index (χ0n) is 8.57. The first-order chi connectivity index (χ1) is 7.34. The molecule has 80 valence electrons. The van der Waals surface area contributed by atoms with E-state index >= 15 is 0 Å². The van der Waals surface area contributed by atoms with E-state index in [1.165, 1.54) is 0 Å². The molecule has 0 saturated carbocycles. The summed E-state index contributed by atoms with van der Waals surface area (Å²) in [5.74, 6) is 1.17.